The zero-order valence-corrected chi connectivity index (χ0v) is 11.9. The molecule has 0 atom stereocenters. The predicted octanol–water partition coefficient (Wildman–Crippen LogP) is 1.85. The number of nitrogens with zero attached hydrogens (tertiary/aromatic N) is 1. The predicted molar refractivity (Wildman–Crippen MR) is 78.1 cm³/mol. The number of nitrogens with one attached hydrogen (secondary N) is 2. The second kappa shape index (κ2) is 5.73. The molecule has 1 heterocycles. The molecule has 0 aliphatic heterocycles. The number of hydrogen-bond acceptors (Lipinski definition) is 4. The van der Waals surface area contributed by atoms with Crippen LogP contribution in [0.4, 0.5) is 5.69 Å². The molecule has 19 heavy (non-hydrogen) atoms. The molecule has 7 heteroatoms. The van der Waals surface area contributed by atoms with Crippen molar-refractivity contribution < 1.29 is 8.42 Å². The normalized spacial score (nSPS) is 11.7. The lowest BCUT2D eigenvalue weighted by Crippen LogP contribution is -2.24. The van der Waals surface area contributed by atoms with Gasteiger partial charge in [0.2, 0.25) is 10.0 Å². The Labute approximate surface area is 117 Å². The van der Waals surface area contributed by atoms with Crippen LogP contribution in [0.2, 0.25) is 5.02 Å². The van der Waals surface area contributed by atoms with Crippen LogP contribution in [0.1, 0.15) is 0 Å². The number of fused-ring (bicyclic) bond motifs is 1. The Morgan fingerprint density at radius 3 is 2.84 bits per heavy atom. The van der Waals surface area contributed by atoms with Crippen molar-refractivity contribution in [2.75, 3.05) is 24.1 Å². The van der Waals surface area contributed by atoms with E-state index in [-0.39, 0.29) is 5.75 Å². The van der Waals surface area contributed by atoms with Crippen molar-refractivity contribution in [1.29, 1.82) is 0 Å². The van der Waals surface area contributed by atoms with Crippen LogP contribution in [0.5, 0.6) is 0 Å². The highest BCUT2D eigenvalue weighted by molar-refractivity contribution is 7.92. The molecule has 1 aromatic heterocycles. The molecule has 0 saturated heterocycles. The lowest BCUT2D eigenvalue weighted by molar-refractivity contribution is 0.599. The molecule has 1 aromatic carbocycles. The molecule has 0 unspecified atom stereocenters. The number of sulfonamides is 1. The highest BCUT2D eigenvalue weighted by Gasteiger charge is 2.13. The first kappa shape index (κ1) is 14.0. The largest absolute Gasteiger partial charge is 0.319 e. The average molecular weight is 300 g/mol. The average Bonchev–Trinajstić information content (AvgIpc) is 2.40. The molecule has 5 nitrogen and oxygen atoms in total. The molecule has 2 rings (SSSR count). The Morgan fingerprint density at radius 1 is 1.32 bits per heavy atom. The van der Waals surface area contributed by atoms with Crippen molar-refractivity contribution in [3.63, 3.8) is 0 Å². The maximum absolute atomic E-state index is 11.9. The summed E-state index contributed by atoms with van der Waals surface area (Å²) in [5, 5.41) is 4.06. The minimum Gasteiger partial charge on any atom is -0.319 e. The van der Waals surface area contributed by atoms with Crippen molar-refractivity contribution in [3.05, 3.63) is 35.5 Å². The van der Waals surface area contributed by atoms with Crippen LogP contribution < -0.4 is 10.0 Å². The van der Waals surface area contributed by atoms with E-state index in [4.69, 9.17) is 11.6 Å². The summed E-state index contributed by atoms with van der Waals surface area (Å²) >= 11 is 6.06. The van der Waals surface area contributed by atoms with Gasteiger partial charge in [-0.2, -0.15) is 0 Å². The van der Waals surface area contributed by atoms with E-state index in [2.05, 4.69) is 15.0 Å². The third-order valence-electron chi connectivity index (χ3n) is 2.60. The fourth-order valence-electron chi connectivity index (χ4n) is 1.68. The van der Waals surface area contributed by atoms with Crippen LogP contribution in [-0.4, -0.2) is 32.7 Å². The second-order valence-corrected chi connectivity index (χ2v) is 6.27. The molecule has 2 N–H and O–H groups in total. The Morgan fingerprint density at radius 2 is 2.11 bits per heavy atom. The molecular weight excluding hydrogens is 286 g/mol. The maximum atomic E-state index is 11.9. The van der Waals surface area contributed by atoms with Crippen molar-refractivity contribution >= 4 is 38.2 Å². The van der Waals surface area contributed by atoms with Crippen LogP contribution in [0, 0.1) is 0 Å². The topological polar surface area (TPSA) is 71.1 Å². The minimum atomic E-state index is -3.40. The smallest absolute Gasteiger partial charge is 0.234 e. The highest BCUT2D eigenvalue weighted by Crippen LogP contribution is 2.28. The van der Waals surface area contributed by atoms with Crippen LogP contribution in [0.25, 0.3) is 10.9 Å². The number of aromatic nitrogens is 1. The number of pyridine rings is 1. The van der Waals surface area contributed by atoms with Crippen molar-refractivity contribution in [2.45, 2.75) is 0 Å². The standard InChI is InChI=1S/C12H14ClN3O2S/c1-14-7-8-19(17,18)16-11-5-4-10(13)9-3-2-6-15-12(9)11/h2-6,14,16H,7-8H2,1H3. The summed E-state index contributed by atoms with van der Waals surface area (Å²) in [7, 11) is -1.69. The fourth-order valence-corrected chi connectivity index (χ4v) is 2.97. The third kappa shape index (κ3) is 3.34. The molecule has 0 saturated carbocycles. The van der Waals surface area contributed by atoms with Gasteiger partial charge in [-0.25, -0.2) is 8.42 Å². The van der Waals surface area contributed by atoms with Crippen LogP contribution in [0.3, 0.4) is 0 Å². The van der Waals surface area contributed by atoms with Gasteiger partial charge in [0.25, 0.3) is 0 Å². The van der Waals surface area contributed by atoms with Crippen molar-refractivity contribution in [2.24, 2.45) is 0 Å². The van der Waals surface area contributed by atoms with Gasteiger partial charge in [0, 0.05) is 18.1 Å². The van der Waals surface area contributed by atoms with Crippen LogP contribution >= 0.6 is 11.6 Å². The molecule has 102 valence electrons. The summed E-state index contributed by atoms with van der Waals surface area (Å²) in [5.74, 6) is 0.000450. The van der Waals surface area contributed by atoms with E-state index in [1.807, 2.05) is 0 Å². The summed E-state index contributed by atoms with van der Waals surface area (Å²) < 4.78 is 26.3. The molecule has 0 radical (unpaired) electrons. The van der Waals surface area contributed by atoms with Crippen molar-refractivity contribution in [1.82, 2.24) is 10.3 Å². The lowest BCUT2D eigenvalue weighted by atomic mass is 10.2. The second-order valence-electron chi connectivity index (χ2n) is 4.02. The van der Waals surface area contributed by atoms with Gasteiger partial charge in [-0.15, -0.1) is 0 Å². The zero-order valence-electron chi connectivity index (χ0n) is 10.4. The Bertz CT molecular complexity index is 688. The van der Waals surface area contributed by atoms with Crippen molar-refractivity contribution in [3.8, 4) is 0 Å². The lowest BCUT2D eigenvalue weighted by Gasteiger charge is -2.10. The summed E-state index contributed by atoms with van der Waals surface area (Å²) in [4.78, 5) is 4.18. The quantitative estimate of drug-likeness (QED) is 0.884. The first-order valence-electron chi connectivity index (χ1n) is 5.72. The van der Waals surface area contributed by atoms with Crippen LogP contribution in [0.15, 0.2) is 30.5 Å². The zero-order chi connectivity index (χ0) is 13.9. The van der Waals surface area contributed by atoms with E-state index in [1.165, 1.54) is 0 Å². The molecule has 0 spiro atoms. The first-order valence-corrected chi connectivity index (χ1v) is 7.75. The van der Waals surface area contributed by atoms with Gasteiger partial charge in [-0.1, -0.05) is 11.6 Å². The summed E-state index contributed by atoms with van der Waals surface area (Å²) in [6.45, 7) is 0.383. The van der Waals surface area contributed by atoms with E-state index in [0.717, 1.165) is 5.39 Å². The Kier molecular flexibility index (Phi) is 4.24. The van der Waals surface area contributed by atoms with Crippen LogP contribution in [-0.2, 0) is 10.0 Å². The summed E-state index contributed by atoms with van der Waals surface area (Å²) in [6.07, 6.45) is 1.60. The number of anilines is 1. The van der Waals surface area contributed by atoms with E-state index in [0.29, 0.717) is 22.8 Å². The van der Waals surface area contributed by atoms with E-state index < -0.39 is 10.0 Å². The van der Waals surface area contributed by atoms with E-state index in [1.54, 1.807) is 37.5 Å². The number of rotatable bonds is 5. The maximum Gasteiger partial charge on any atom is 0.234 e. The highest BCUT2D eigenvalue weighted by atomic mass is 35.5. The fraction of sp³-hybridized carbons (Fsp3) is 0.250. The third-order valence-corrected chi connectivity index (χ3v) is 4.20. The summed E-state index contributed by atoms with van der Waals surface area (Å²) in [6, 6.07) is 6.83. The monoisotopic (exact) mass is 299 g/mol. The molecular formula is C12H14ClN3O2S. The molecule has 0 aliphatic carbocycles. The molecule has 0 fully saturated rings. The van der Waals surface area contributed by atoms with Gasteiger partial charge in [-0.3, -0.25) is 9.71 Å². The van der Waals surface area contributed by atoms with Gasteiger partial charge in [-0.05, 0) is 31.3 Å². The van der Waals surface area contributed by atoms with Gasteiger partial charge in [0.15, 0.2) is 0 Å². The Balaban J connectivity index is 2.39. The number of hydrogen-bond donors (Lipinski definition) is 2. The summed E-state index contributed by atoms with van der Waals surface area (Å²) in [5.41, 5.74) is 0.985. The Hall–Kier alpha value is -1.37. The first-order chi connectivity index (χ1) is 9.03. The van der Waals surface area contributed by atoms with Gasteiger partial charge in [0.05, 0.1) is 22.0 Å². The number of halogens is 1. The molecule has 0 aliphatic rings. The SMILES string of the molecule is CNCCS(=O)(=O)Nc1ccc(Cl)c2cccnc12. The van der Waals surface area contributed by atoms with E-state index in [9.17, 15) is 8.42 Å². The molecule has 2 aromatic rings. The van der Waals surface area contributed by atoms with Gasteiger partial charge >= 0.3 is 0 Å². The molecule has 0 bridgehead atoms. The minimum absolute atomic E-state index is 0.000450. The molecule has 0 amide bonds. The van der Waals surface area contributed by atoms with E-state index >= 15 is 0 Å². The number of benzene rings is 1. The van der Waals surface area contributed by atoms with Gasteiger partial charge in [0.1, 0.15) is 0 Å². The van der Waals surface area contributed by atoms with Gasteiger partial charge < -0.3 is 5.32 Å².